The average molecular weight is 345 g/mol. The third-order valence-corrected chi connectivity index (χ3v) is 5.92. The Morgan fingerprint density at radius 1 is 1.21 bits per heavy atom. The van der Waals surface area contributed by atoms with E-state index in [1.54, 1.807) is 53.4 Å². The zero-order valence-electron chi connectivity index (χ0n) is 13.2. The standard InChI is InChI=1S/C18H19NO4S/c20-18(11-10-16-7-5-13-23-16)19-12-4-6-15(19)14-24(21,22)17-8-2-1-3-9-17/h1-3,5,7-11,13,15H,4,6,12,14H2/b11-10+/t15-/m0/s1. The molecule has 0 aliphatic carbocycles. The fourth-order valence-corrected chi connectivity index (χ4v) is 4.53. The van der Waals surface area contributed by atoms with E-state index in [2.05, 4.69) is 0 Å². The monoisotopic (exact) mass is 345 g/mol. The maximum absolute atomic E-state index is 12.5. The molecule has 0 N–H and O–H groups in total. The average Bonchev–Trinajstić information content (AvgIpc) is 3.25. The van der Waals surface area contributed by atoms with Crippen LogP contribution >= 0.6 is 0 Å². The van der Waals surface area contributed by atoms with Crippen molar-refractivity contribution < 1.29 is 17.6 Å². The molecule has 126 valence electrons. The molecule has 1 aliphatic heterocycles. The van der Waals surface area contributed by atoms with E-state index in [0.717, 1.165) is 6.42 Å². The maximum atomic E-state index is 12.5. The van der Waals surface area contributed by atoms with Crippen LogP contribution in [0.3, 0.4) is 0 Å². The minimum absolute atomic E-state index is 0.0443. The Labute approximate surface area is 141 Å². The van der Waals surface area contributed by atoms with Crippen LogP contribution in [-0.4, -0.2) is 37.6 Å². The molecular weight excluding hydrogens is 326 g/mol. The molecule has 2 aromatic rings. The Balaban J connectivity index is 1.70. The second-order valence-electron chi connectivity index (χ2n) is 5.77. The molecule has 5 nitrogen and oxygen atoms in total. The molecule has 1 aliphatic rings. The third-order valence-electron chi connectivity index (χ3n) is 4.11. The molecule has 24 heavy (non-hydrogen) atoms. The Kier molecular flexibility index (Phi) is 4.85. The van der Waals surface area contributed by atoms with Crippen LogP contribution in [0.5, 0.6) is 0 Å². The number of rotatable bonds is 5. The molecule has 0 bridgehead atoms. The second kappa shape index (κ2) is 7.05. The van der Waals surface area contributed by atoms with E-state index in [4.69, 9.17) is 4.42 Å². The highest BCUT2D eigenvalue weighted by atomic mass is 32.2. The Morgan fingerprint density at radius 2 is 2.00 bits per heavy atom. The lowest BCUT2D eigenvalue weighted by atomic mass is 10.2. The predicted molar refractivity (Wildman–Crippen MR) is 91.0 cm³/mol. The van der Waals surface area contributed by atoms with Crippen molar-refractivity contribution in [3.05, 3.63) is 60.6 Å². The zero-order chi connectivity index (χ0) is 17.0. The molecule has 1 saturated heterocycles. The van der Waals surface area contributed by atoms with Gasteiger partial charge in [-0.1, -0.05) is 18.2 Å². The van der Waals surface area contributed by atoms with E-state index in [9.17, 15) is 13.2 Å². The van der Waals surface area contributed by atoms with Crippen molar-refractivity contribution in [3.63, 3.8) is 0 Å². The van der Waals surface area contributed by atoms with Crippen molar-refractivity contribution in [3.8, 4) is 0 Å². The summed E-state index contributed by atoms with van der Waals surface area (Å²) in [6.07, 6.45) is 6.09. The topological polar surface area (TPSA) is 67.6 Å². The lowest BCUT2D eigenvalue weighted by Crippen LogP contribution is -2.38. The molecule has 6 heteroatoms. The van der Waals surface area contributed by atoms with Gasteiger partial charge in [0.2, 0.25) is 5.91 Å². The lowest BCUT2D eigenvalue weighted by Gasteiger charge is -2.23. The van der Waals surface area contributed by atoms with Crippen LogP contribution in [0.2, 0.25) is 0 Å². The fraction of sp³-hybridized carbons (Fsp3) is 0.278. The van der Waals surface area contributed by atoms with Gasteiger partial charge in [-0.2, -0.15) is 0 Å². The van der Waals surface area contributed by atoms with E-state index < -0.39 is 9.84 Å². The maximum Gasteiger partial charge on any atom is 0.246 e. The molecule has 2 heterocycles. The first-order valence-corrected chi connectivity index (χ1v) is 9.51. The van der Waals surface area contributed by atoms with Crippen molar-refractivity contribution in [1.82, 2.24) is 4.90 Å². The van der Waals surface area contributed by atoms with Crippen LogP contribution < -0.4 is 0 Å². The predicted octanol–water partition coefficient (Wildman–Crippen LogP) is 2.76. The number of furan rings is 1. The first-order chi connectivity index (χ1) is 11.6. The summed E-state index contributed by atoms with van der Waals surface area (Å²) in [5, 5.41) is 0. The van der Waals surface area contributed by atoms with Gasteiger partial charge in [0.05, 0.1) is 16.9 Å². The number of carbonyl (C=O) groups is 1. The van der Waals surface area contributed by atoms with Gasteiger partial charge in [0.25, 0.3) is 0 Å². The fourth-order valence-electron chi connectivity index (χ4n) is 2.91. The van der Waals surface area contributed by atoms with Crippen LogP contribution in [0.15, 0.2) is 64.1 Å². The van der Waals surface area contributed by atoms with Gasteiger partial charge in [0, 0.05) is 18.7 Å². The molecule has 0 saturated carbocycles. The molecule has 1 fully saturated rings. The third kappa shape index (κ3) is 3.76. The largest absolute Gasteiger partial charge is 0.465 e. The van der Waals surface area contributed by atoms with Crippen LogP contribution in [0.25, 0.3) is 6.08 Å². The van der Waals surface area contributed by atoms with Crippen LogP contribution in [0.4, 0.5) is 0 Å². The highest BCUT2D eigenvalue weighted by Crippen LogP contribution is 2.22. The van der Waals surface area contributed by atoms with E-state index in [0.29, 0.717) is 23.6 Å². The van der Waals surface area contributed by atoms with Crippen molar-refractivity contribution in [2.75, 3.05) is 12.3 Å². The highest BCUT2D eigenvalue weighted by molar-refractivity contribution is 7.91. The summed E-state index contributed by atoms with van der Waals surface area (Å²) in [6.45, 7) is 0.580. The quantitative estimate of drug-likeness (QED) is 0.782. The lowest BCUT2D eigenvalue weighted by molar-refractivity contribution is -0.126. The number of nitrogens with zero attached hydrogens (tertiary/aromatic N) is 1. The molecule has 1 aromatic heterocycles. The number of hydrogen-bond donors (Lipinski definition) is 0. The van der Waals surface area contributed by atoms with Crippen LogP contribution in [0, 0.1) is 0 Å². The van der Waals surface area contributed by atoms with Gasteiger partial charge >= 0.3 is 0 Å². The summed E-state index contributed by atoms with van der Waals surface area (Å²) in [7, 11) is -3.40. The van der Waals surface area contributed by atoms with Gasteiger partial charge in [0.15, 0.2) is 9.84 Å². The van der Waals surface area contributed by atoms with E-state index in [1.165, 1.54) is 12.3 Å². The van der Waals surface area contributed by atoms with E-state index >= 15 is 0 Å². The molecule has 0 unspecified atom stereocenters. The summed E-state index contributed by atoms with van der Waals surface area (Å²) < 4.78 is 30.2. The van der Waals surface area contributed by atoms with Crippen molar-refractivity contribution in [2.45, 2.75) is 23.8 Å². The first-order valence-electron chi connectivity index (χ1n) is 7.86. The summed E-state index contributed by atoms with van der Waals surface area (Å²) in [5.74, 6) is 0.366. The molecule has 1 aromatic carbocycles. The minimum Gasteiger partial charge on any atom is -0.465 e. The summed E-state index contributed by atoms with van der Waals surface area (Å²) in [5.41, 5.74) is 0. The molecule has 1 atom stereocenters. The SMILES string of the molecule is O=C(/C=C/c1ccco1)N1CCC[C@H]1CS(=O)(=O)c1ccccc1. The van der Waals surface area contributed by atoms with Gasteiger partial charge in [-0.05, 0) is 43.2 Å². The van der Waals surface area contributed by atoms with E-state index in [-0.39, 0.29) is 17.7 Å². The van der Waals surface area contributed by atoms with Crippen LogP contribution in [0.1, 0.15) is 18.6 Å². The smallest absolute Gasteiger partial charge is 0.246 e. The minimum atomic E-state index is -3.40. The Hall–Kier alpha value is -2.34. The molecule has 1 amide bonds. The Morgan fingerprint density at radius 3 is 2.71 bits per heavy atom. The second-order valence-corrected chi connectivity index (χ2v) is 7.81. The number of sulfone groups is 1. The summed E-state index contributed by atoms with van der Waals surface area (Å²) >= 11 is 0. The number of carbonyl (C=O) groups excluding carboxylic acids is 1. The summed E-state index contributed by atoms with van der Waals surface area (Å²) in [4.78, 5) is 14.3. The van der Waals surface area contributed by atoms with E-state index in [1.807, 2.05) is 0 Å². The molecule has 0 spiro atoms. The van der Waals surface area contributed by atoms with Crippen molar-refractivity contribution in [1.29, 1.82) is 0 Å². The van der Waals surface area contributed by atoms with Gasteiger partial charge in [-0.3, -0.25) is 4.79 Å². The van der Waals surface area contributed by atoms with Gasteiger partial charge in [0.1, 0.15) is 5.76 Å². The van der Waals surface area contributed by atoms with Crippen LogP contribution in [-0.2, 0) is 14.6 Å². The molecule has 3 rings (SSSR count). The first kappa shape index (κ1) is 16.5. The highest BCUT2D eigenvalue weighted by Gasteiger charge is 2.32. The van der Waals surface area contributed by atoms with Gasteiger partial charge in [-0.25, -0.2) is 8.42 Å². The van der Waals surface area contributed by atoms with Gasteiger partial charge < -0.3 is 9.32 Å². The number of benzene rings is 1. The van der Waals surface area contributed by atoms with Crippen molar-refractivity contribution >= 4 is 21.8 Å². The van der Waals surface area contributed by atoms with Crippen molar-refractivity contribution in [2.24, 2.45) is 0 Å². The summed E-state index contributed by atoms with van der Waals surface area (Å²) in [6, 6.07) is 11.6. The zero-order valence-corrected chi connectivity index (χ0v) is 14.0. The number of hydrogen-bond acceptors (Lipinski definition) is 4. The number of likely N-dealkylation sites (tertiary alicyclic amines) is 1. The van der Waals surface area contributed by atoms with Gasteiger partial charge in [-0.15, -0.1) is 0 Å². The normalized spacial score (nSPS) is 18.3. The molecule has 0 radical (unpaired) electrons. The Bertz CT molecular complexity index is 810. The number of amides is 1. The molecular formula is C18H19NO4S.